The Labute approximate surface area is 231 Å². The molecule has 0 bridgehead atoms. The average molecular weight is 580 g/mol. The van der Waals surface area contributed by atoms with Crippen LogP contribution in [0.1, 0.15) is 28.8 Å². The number of anilines is 3. The van der Waals surface area contributed by atoms with E-state index in [2.05, 4.69) is 35.6 Å². The van der Waals surface area contributed by atoms with Crippen molar-refractivity contribution in [2.24, 2.45) is 5.73 Å². The van der Waals surface area contributed by atoms with Crippen LogP contribution < -0.4 is 26.4 Å². The molecule has 11 nitrogen and oxygen atoms in total. The maximum atomic E-state index is 12.8. The number of rotatable bonds is 11. The van der Waals surface area contributed by atoms with E-state index in [1.165, 1.54) is 31.4 Å². The van der Waals surface area contributed by atoms with Crippen molar-refractivity contribution in [2.45, 2.75) is 30.6 Å². The third-order valence-electron chi connectivity index (χ3n) is 5.91. The number of alkyl halides is 3. The first-order valence-corrected chi connectivity index (χ1v) is 12.3. The lowest BCUT2D eigenvalue weighted by Crippen LogP contribution is -2.46. The van der Waals surface area contributed by atoms with Crippen LogP contribution in [0.25, 0.3) is 0 Å². The number of nitrogens with zero attached hydrogens (tertiary/aromatic N) is 3. The number of nitrogens with one attached hydrogen (secondary N) is 3. The average Bonchev–Trinajstić information content (AvgIpc) is 3.70. The highest BCUT2D eigenvalue weighted by Crippen LogP contribution is 2.48. The minimum absolute atomic E-state index is 0.00811. The van der Waals surface area contributed by atoms with Gasteiger partial charge < -0.3 is 31.2 Å². The van der Waals surface area contributed by atoms with Gasteiger partial charge in [0.25, 0.3) is 5.91 Å². The van der Waals surface area contributed by atoms with Gasteiger partial charge in [0.2, 0.25) is 11.9 Å². The van der Waals surface area contributed by atoms with E-state index < -0.39 is 42.3 Å². The number of carbonyl (C=O) groups excluding carboxylic acids is 2. The molecule has 1 aromatic heterocycles. The van der Waals surface area contributed by atoms with Gasteiger partial charge in [0, 0.05) is 22.8 Å². The summed E-state index contributed by atoms with van der Waals surface area (Å²) >= 11 is 5.99. The Morgan fingerprint density at radius 3 is 2.27 bits per heavy atom. The van der Waals surface area contributed by atoms with Gasteiger partial charge >= 0.3 is 18.2 Å². The molecule has 0 saturated heterocycles. The predicted octanol–water partition coefficient (Wildman–Crippen LogP) is 3.54. The molecule has 0 spiro atoms. The molecule has 4 rings (SSSR count). The molecular formula is C25H25ClF3N7O4. The molecule has 15 heteroatoms. The number of hydrogen-bond donors (Lipinski definition) is 4. The summed E-state index contributed by atoms with van der Waals surface area (Å²) < 4.78 is 47.8. The van der Waals surface area contributed by atoms with Crippen LogP contribution in [0.15, 0.2) is 48.5 Å². The smallest absolute Gasteiger partial charge is 0.422 e. The highest BCUT2D eigenvalue weighted by atomic mass is 35.5. The zero-order chi connectivity index (χ0) is 28.9. The van der Waals surface area contributed by atoms with Crippen molar-refractivity contribution in [1.82, 2.24) is 20.3 Å². The summed E-state index contributed by atoms with van der Waals surface area (Å²) in [5.41, 5.74) is 6.55. The highest BCUT2D eigenvalue weighted by molar-refractivity contribution is 6.30. The van der Waals surface area contributed by atoms with E-state index in [4.69, 9.17) is 22.1 Å². The molecule has 40 heavy (non-hydrogen) atoms. The van der Waals surface area contributed by atoms with Crippen LogP contribution in [0.5, 0.6) is 6.01 Å². The predicted molar refractivity (Wildman–Crippen MR) is 139 cm³/mol. The van der Waals surface area contributed by atoms with Gasteiger partial charge in [0.1, 0.15) is 6.04 Å². The largest absolute Gasteiger partial charge is 0.467 e. The number of amides is 1. The number of carbonyl (C=O) groups is 2. The first-order valence-electron chi connectivity index (χ1n) is 12.0. The lowest BCUT2D eigenvalue weighted by molar-refractivity contribution is -0.154. The summed E-state index contributed by atoms with van der Waals surface area (Å²) in [5, 5.41) is 9.10. The van der Waals surface area contributed by atoms with E-state index in [1.54, 1.807) is 12.1 Å². The fraction of sp³-hybridized carbons (Fsp3) is 0.320. The van der Waals surface area contributed by atoms with E-state index in [9.17, 15) is 22.8 Å². The van der Waals surface area contributed by atoms with Gasteiger partial charge in [0.05, 0.1) is 12.6 Å². The second-order valence-corrected chi connectivity index (χ2v) is 9.31. The Balaban J connectivity index is 1.52. The lowest BCUT2D eigenvalue weighted by atomic mass is 10.1. The van der Waals surface area contributed by atoms with E-state index in [-0.39, 0.29) is 24.0 Å². The SMILES string of the molecule is COC(=O)C(CN)NC(=O)c1ccc(Nc2nc(NC3(c4ccc(Cl)cc4)CC3)nc(OCC(F)(F)F)n2)cc1. The Morgan fingerprint density at radius 1 is 1.05 bits per heavy atom. The molecule has 3 aromatic rings. The van der Waals surface area contributed by atoms with E-state index in [1.807, 2.05) is 12.1 Å². The third-order valence-corrected chi connectivity index (χ3v) is 6.16. The van der Waals surface area contributed by atoms with Crippen LogP contribution in [0.2, 0.25) is 5.02 Å². The van der Waals surface area contributed by atoms with Gasteiger partial charge in [-0.05, 0) is 54.8 Å². The van der Waals surface area contributed by atoms with Gasteiger partial charge in [-0.15, -0.1) is 0 Å². The molecule has 1 aliphatic carbocycles. The number of hydrogen-bond acceptors (Lipinski definition) is 10. The molecule has 0 aliphatic heterocycles. The normalized spacial score (nSPS) is 14.6. The zero-order valence-corrected chi connectivity index (χ0v) is 21.8. The third kappa shape index (κ3) is 7.48. The zero-order valence-electron chi connectivity index (χ0n) is 21.1. The molecule has 1 fully saturated rings. The molecule has 1 heterocycles. The van der Waals surface area contributed by atoms with E-state index in [0.29, 0.717) is 10.7 Å². The number of halogens is 4. The Hall–Kier alpha value is -4.17. The fourth-order valence-corrected chi connectivity index (χ4v) is 3.83. The van der Waals surface area contributed by atoms with Crippen LogP contribution in [0, 0.1) is 0 Å². The van der Waals surface area contributed by atoms with Crippen LogP contribution in [-0.4, -0.2) is 59.3 Å². The molecule has 1 amide bonds. The molecule has 0 radical (unpaired) electrons. The number of esters is 1. The summed E-state index contributed by atoms with van der Waals surface area (Å²) in [6, 6.07) is 11.6. The Morgan fingerprint density at radius 2 is 1.70 bits per heavy atom. The quantitative estimate of drug-likeness (QED) is 0.248. The summed E-state index contributed by atoms with van der Waals surface area (Å²) in [5.74, 6) is -1.32. The van der Waals surface area contributed by atoms with Gasteiger partial charge in [-0.2, -0.15) is 28.1 Å². The molecule has 1 aliphatic rings. The van der Waals surface area contributed by atoms with Crippen LogP contribution in [-0.2, 0) is 15.1 Å². The van der Waals surface area contributed by atoms with Gasteiger partial charge in [0.15, 0.2) is 6.61 Å². The topological polar surface area (TPSA) is 153 Å². The standard InChI is InChI=1S/C25H25ClF3N7O4/c1-39-20(38)18(12-30)32-19(37)14-2-8-17(9-3-14)31-21-33-22(35-23(34-21)40-13-25(27,28)29)36-24(10-11-24)15-4-6-16(26)7-5-15/h2-9,18H,10-13,30H2,1H3,(H,32,37)(H2,31,33,34,35,36). The first kappa shape index (κ1) is 28.8. The van der Waals surface area contributed by atoms with Crippen LogP contribution >= 0.6 is 11.6 Å². The van der Waals surface area contributed by atoms with Crippen molar-refractivity contribution in [3.63, 3.8) is 0 Å². The second-order valence-electron chi connectivity index (χ2n) is 8.87. The first-order chi connectivity index (χ1) is 19.0. The van der Waals surface area contributed by atoms with Crippen molar-refractivity contribution in [1.29, 1.82) is 0 Å². The number of benzene rings is 2. The van der Waals surface area contributed by atoms with Gasteiger partial charge in [-0.1, -0.05) is 23.7 Å². The summed E-state index contributed by atoms with van der Waals surface area (Å²) in [6.45, 7) is -1.73. The molecular weight excluding hydrogens is 555 g/mol. The van der Waals surface area contributed by atoms with Crippen LogP contribution in [0.4, 0.5) is 30.8 Å². The molecule has 1 atom stereocenters. The summed E-state index contributed by atoms with van der Waals surface area (Å²) in [7, 11) is 1.18. The second kappa shape index (κ2) is 11.9. The summed E-state index contributed by atoms with van der Waals surface area (Å²) in [6.07, 6.45) is -3.11. The van der Waals surface area contributed by atoms with E-state index in [0.717, 1.165) is 18.4 Å². The van der Waals surface area contributed by atoms with Crippen molar-refractivity contribution in [2.75, 3.05) is 30.9 Å². The minimum atomic E-state index is -4.60. The molecule has 5 N–H and O–H groups in total. The molecule has 212 valence electrons. The highest BCUT2D eigenvalue weighted by Gasteiger charge is 2.45. The monoisotopic (exact) mass is 579 g/mol. The van der Waals surface area contributed by atoms with E-state index >= 15 is 0 Å². The van der Waals surface area contributed by atoms with Crippen LogP contribution in [0.3, 0.4) is 0 Å². The lowest BCUT2D eigenvalue weighted by Gasteiger charge is -2.19. The van der Waals surface area contributed by atoms with Gasteiger partial charge in [-0.25, -0.2) is 4.79 Å². The number of nitrogens with two attached hydrogens (primary N) is 1. The Kier molecular flexibility index (Phi) is 8.59. The van der Waals surface area contributed by atoms with Gasteiger partial charge in [-0.3, -0.25) is 4.79 Å². The molecule has 1 unspecified atom stereocenters. The van der Waals surface area contributed by atoms with Crippen molar-refractivity contribution >= 4 is 41.1 Å². The number of aromatic nitrogens is 3. The minimum Gasteiger partial charge on any atom is -0.467 e. The molecule has 2 aromatic carbocycles. The molecule has 1 saturated carbocycles. The fourth-order valence-electron chi connectivity index (χ4n) is 3.70. The Bertz CT molecular complexity index is 1350. The summed E-state index contributed by atoms with van der Waals surface area (Å²) in [4.78, 5) is 36.4. The maximum absolute atomic E-state index is 12.8. The number of ether oxygens (including phenoxy) is 2. The van der Waals surface area contributed by atoms with Crippen molar-refractivity contribution in [3.05, 3.63) is 64.7 Å². The van der Waals surface area contributed by atoms with Crippen molar-refractivity contribution < 1.29 is 32.2 Å². The maximum Gasteiger partial charge on any atom is 0.422 e. The number of methoxy groups -OCH3 is 1. The van der Waals surface area contributed by atoms with Crippen molar-refractivity contribution in [3.8, 4) is 6.01 Å².